The Hall–Kier alpha value is -10.0. The number of nitrogens with zero attached hydrogens (tertiary/aromatic N) is 5. The van der Waals surface area contributed by atoms with Gasteiger partial charge in [0.1, 0.15) is 28.4 Å². The van der Waals surface area contributed by atoms with Crippen LogP contribution in [-0.2, 0) is 0 Å². The van der Waals surface area contributed by atoms with Gasteiger partial charge in [0.05, 0.1) is 39.1 Å². The minimum atomic E-state index is 0.416. The highest BCUT2D eigenvalue weighted by Gasteiger charge is 2.28. The second-order valence-electron chi connectivity index (χ2n) is 18.3. The first-order chi connectivity index (χ1) is 35.7. The SMILES string of the molecule is N#Cc1c(-c2ccccc2)nc(-c2ccc(-n3c4ccccc4c4c3c(-c3ccc5oc6ccccc6c5c3)cc3c5ccccc5n(-c5ccccc5)c34)c3oc4ccccc4c23)nc1-c1ccccc1. The summed E-state index contributed by atoms with van der Waals surface area (Å²) in [7, 11) is 0. The molecule has 5 aromatic heterocycles. The van der Waals surface area contributed by atoms with Crippen molar-refractivity contribution in [2.75, 3.05) is 0 Å². The summed E-state index contributed by atoms with van der Waals surface area (Å²) >= 11 is 0. The molecule has 0 bridgehead atoms. The van der Waals surface area contributed by atoms with Gasteiger partial charge < -0.3 is 18.0 Å². The van der Waals surface area contributed by atoms with Gasteiger partial charge in [-0.05, 0) is 72.3 Å². The Morgan fingerprint density at radius 3 is 1.65 bits per heavy atom. The molecule has 72 heavy (non-hydrogen) atoms. The minimum absolute atomic E-state index is 0.416. The van der Waals surface area contributed by atoms with Gasteiger partial charge in [0.2, 0.25) is 0 Å². The second-order valence-corrected chi connectivity index (χ2v) is 18.3. The Morgan fingerprint density at radius 1 is 0.389 bits per heavy atom. The zero-order chi connectivity index (χ0) is 47.4. The average Bonchev–Trinajstić information content (AvgIpc) is 4.21. The van der Waals surface area contributed by atoms with Crippen molar-refractivity contribution in [3.63, 3.8) is 0 Å². The predicted octanol–water partition coefficient (Wildman–Crippen LogP) is 17.0. The third kappa shape index (κ3) is 5.78. The Bertz CT molecular complexity index is 4690. The zero-order valence-electron chi connectivity index (χ0n) is 38.4. The lowest BCUT2D eigenvalue weighted by molar-refractivity contribution is 0.666. The van der Waals surface area contributed by atoms with Crippen molar-refractivity contribution in [1.29, 1.82) is 5.26 Å². The molecule has 0 N–H and O–H groups in total. The van der Waals surface area contributed by atoms with Crippen molar-refractivity contribution < 1.29 is 8.83 Å². The van der Waals surface area contributed by atoms with Gasteiger partial charge in [-0.2, -0.15) is 5.26 Å². The van der Waals surface area contributed by atoms with Crippen LogP contribution in [-0.4, -0.2) is 19.1 Å². The van der Waals surface area contributed by atoms with E-state index in [0.717, 1.165) is 116 Å². The van der Waals surface area contributed by atoms with Crippen LogP contribution in [0.5, 0.6) is 0 Å². The molecule has 7 heteroatoms. The zero-order valence-corrected chi connectivity index (χ0v) is 38.4. The van der Waals surface area contributed by atoms with E-state index < -0.39 is 0 Å². The normalized spacial score (nSPS) is 11.9. The van der Waals surface area contributed by atoms with Gasteiger partial charge in [0.15, 0.2) is 11.4 Å². The molecular formula is C65H37N5O2. The number of hydrogen-bond donors (Lipinski definition) is 0. The standard InChI is InChI=1S/C65H37N5O2/c66-38-51-60(39-18-4-1-5-19-39)67-65(68-61(51)40-20-6-2-7-21-40)47-33-34-54(64-58(47)46-27-13-17-31-56(46)72-64)70-53-29-15-11-26-45(53)59-62(70)48(41-32-35-57-49(36-41)44-25-12-16-30-55(44)71-57)37-50-43-24-10-14-28-52(43)69(63(50)59)42-22-8-3-9-23-42/h1-37H. The molecule has 5 heterocycles. The quantitative estimate of drug-likeness (QED) is 0.166. The summed E-state index contributed by atoms with van der Waals surface area (Å²) < 4.78 is 18.4. The van der Waals surface area contributed by atoms with Gasteiger partial charge in [-0.15, -0.1) is 0 Å². The summed E-state index contributed by atoms with van der Waals surface area (Å²) in [6.07, 6.45) is 0. The highest BCUT2D eigenvalue weighted by atomic mass is 16.3. The second kappa shape index (κ2) is 15.5. The van der Waals surface area contributed by atoms with Crippen LogP contribution < -0.4 is 0 Å². The number of furan rings is 2. The summed E-state index contributed by atoms with van der Waals surface area (Å²) in [6, 6.07) is 80.2. The summed E-state index contributed by atoms with van der Waals surface area (Å²) in [6.45, 7) is 0. The van der Waals surface area contributed by atoms with Crippen molar-refractivity contribution in [2.45, 2.75) is 0 Å². The lowest BCUT2D eigenvalue weighted by Gasteiger charge is -2.16. The predicted molar refractivity (Wildman–Crippen MR) is 292 cm³/mol. The average molecular weight is 920 g/mol. The van der Waals surface area contributed by atoms with Crippen LogP contribution >= 0.6 is 0 Å². The molecule has 0 spiro atoms. The summed E-state index contributed by atoms with van der Waals surface area (Å²) in [5.74, 6) is 0.493. The first-order valence-electron chi connectivity index (χ1n) is 24.0. The Morgan fingerprint density at radius 2 is 0.958 bits per heavy atom. The highest BCUT2D eigenvalue weighted by Crippen LogP contribution is 2.49. The van der Waals surface area contributed by atoms with Crippen molar-refractivity contribution in [2.24, 2.45) is 0 Å². The molecule has 0 atom stereocenters. The smallest absolute Gasteiger partial charge is 0.161 e. The number of para-hydroxylation sites is 5. The molecule has 15 aromatic rings. The Kier molecular flexibility index (Phi) is 8.59. The fourth-order valence-corrected chi connectivity index (χ4v) is 11.3. The van der Waals surface area contributed by atoms with E-state index >= 15 is 0 Å². The van der Waals surface area contributed by atoms with Crippen molar-refractivity contribution in [1.82, 2.24) is 19.1 Å². The largest absolute Gasteiger partial charge is 0.456 e. The van der Waals surface area contributed by atoms with E-state index in [1.54, 1.807) is 0 Å². The molecule has 0 amide bonds. The van der Waals surface area contributed by atoms with Crippen LogP contribution in [0.25, 0.3) is 144 Å². The summed E-state index contributed by atoms with van der Waals surface area (Å²) in [5, 5.41) is 19.3. The molecule has 0 fully saturated rings. The van der Waals surface area contributed by atoms with Crippen molar-refractivity contribution >= 4 is 87.5 Å². The van der Waals surface area contributed by atoms with Gasteiger partial charge in [0.25, 0.3) is 0 Å². The number of rotatable bonds is 6. The first-order valence-corrected chi connectivity index (χ1v) is 24.0. The van der Waals surface area contributed by atoms with Crippen LogP contribution in [0.2, 0.25) is 0 Å². The van der Waals surface area contributed by atoms with Crippen LogP contribution in [0.1, 0.15) is 5.56 Å². The highest BCUT2D eigenvalue weighted by molar-refractivity contribution is 6.30. The van der Waals surface area contributed by atoms with E-state index in [1.807, 2.05) is 91.0 Å². The lowest BCUT2D eigenvalue weighted by atomic mass is 9.96. The molecule has 0 saturated heterocycles. The van der Waals surface area contributed by atoms with E-state index in [0.29, 0.717) is 28.4 Å². The van der Waals surface area contributed by atoms with E-state index in [-0.39, 0.29) is 0 Å². The monoisotopic (exact) mass is 919 g/mol. The molecule has 0 saturated carbocycles. The van der Waals surface area contributed by atoms with Crippen LogP contribution in [0.3, 0.4) is 0 Å². The number of hydrogen-bond acceptors (Lipinski definition) is 5. The van der Waals surface area contributed by atoms with E-state index in [2.05, 4.69) is 149 Å². The maximum absolute atomic E-state index is 10.8. The third-order valence-corrected chi connectivity index (χ3v) is 14.4. The van der Waals surface area contributed by atoms with Gasteiger partial charge in [-0.3, -0.25) is 0 Å². The van der Waals surface area contributed by atoms with Gasteiger partial charge in [0, 0.05) is 71.0 Å². The molecule has 0 radical (unpaired) electrons. The molecule has 334 valence electrons. The van der Waals surface area contributed by atoms with Gasteiger partial charge >= 0.3 is 0 Å². The molecule has 0 aliphatic rings. The molecule has 0 aliphatic heterocycles. The van der Waals surface area contributed by atoms with Crippen LogP contribution in [0, 0.1) is 11.3 Å². The van der Waals surface area contributed by atoms with E-state index in [9.17, 15) is 5.26 Å². The summed E-state index contributed by atoms with van der Waals surface area (Å²) in [4.78, 5) is 10.6. The van der Waals surface area contributed by atoms with Crippen molar-refractivity contribution in [3.05, 3.63) is 230 Å². The van der Waals surface area contributed by atoms with Gasteiger partial charge in [-0.25, -0.2) is 9.97 Å². The lowest BCUT2D eigenvalue weighted by Crippen LogP contribution is -2.02. The minimum Gasteiger partial charge on any atom is -0.456 e. The molecular weight excluding hydrogens is 883 g/mol. The fraction of sp³-hybridized carbons (Fsp3) is 0. The Balaban J connectivity index is 1.10. The third-order valence-electron chi connectivity index (χ3n) is 14.4. The fourth-order valence-electron chi connectivity index (χ4n) is 11.3. The number of aromatic nitrogens is 4. The van der Waals surface area contributed by atoms with Crippen LogP contribution in [0.4, 0.5) is 0 Å². The topological polar surface area (TPSA) is 85.7 Å². The Labute approximate surface area is 411 Å². The number of benzene rings is 10. The molecule has 0 aliphatic carbocycles. The maximum Gasteiger partial charge on any atom is 0.161 e. The molecule has 0 unspecified atom stereocenters. The van der Waals surface area contributed by atoms with Gasteiger partial charge in [-0.1, -0.05) is 158 Å². The first kappa shape index (κ1) is 39.9. The molecule has 15 rings (SSSR count). The molecule has 10 aromatic carbocycles. The van der Waals surface area contributed by atoms with Crippen molar-refractivity contribution in [3.8, 4) is 62.5 Å². The number of fused-ring (bicyclic) bond motifs is 13. The van der Waals surface area contributed by atoms with E-state index in [1.165, 1.54) is 5.39 Å². The summed E-state index contributed by atoms with van der Waals surface area (Å²) in [5.41, 5.74) is 15.5. The maximum atomic E-state index is 10.8. The van der Waals surface area contributed by atoms with E-state index in [4.69, 9.17) is 18.8 Å². The van der Waals surface area contributed by atoms with Crippen LogP contribution in [0.15, 0.2) is 233 Å². The molecule has 7 nitrogen and oxygen atoms in total. The number of nitriles is 1.